The summed E-state index contributed by atoms with van der Waals surface area (Å²) in [6.07, 6.45) is 0.421. The number of nitrogens with two attached hydrogens (primary N) is 1. The van der Waals surface area contributed by atoms with E-state index < -0.39 is 11.7 Å². The minimum absolute atomic E-state index is 0.0303. The molecule has 0 radical (unpaired) electrons. The molecule has 0 aromatic carbocycles. The highest BCUT2D eigenvalue weighted by molar-refractivity contribution is 5.68. The molecule has 16 heavy (non-hydrogen) atoms. The Kier molecular flexibility index (Phi) is 6.36. The average molecular weight is 231 g/mol. The van der Waals surface area contributed by atoms with Crippen molar-refractivity contribution in [3.8, 4) is 0 Å². The van der Waals surface area contributed by atoms with Crippen LogP contribution in [0.4, 0.5) is 4.79 Å². The van der Waals surface area contributed by atoms with Crippen molar-refractivity contribution in [3.63, 3.8) is 0 Å². The first-order valence-corrected chi connectivity index (χ1v) is 5.59. The third-order valence-electron chi connectivity index (χ3n) is 1.93. The van der Waals surface area contributed by atoms with Crippen molar-refractivity contribution in [1.29, 1.82) is 0 Å². The quantitative estimate of drug-likeness (QED) is 0.734. The number of nitrogens with one attached hydrogen (secondary N) is 1. The van der Waals surface area contributed by atoms with Crippen LogP contribution in [0.2, 0.25) is 0 Å². The summed E-state index contributed by atoms with van der Waals surface area (Å²) in [5.41, 5.74) is 5.11. The lowest BCUT2D eigenvalue weighted by Gasteiger charge is -2.23. The second kappa shape index (κ2) is 6.70. The molecule has 0 aliphatic carbocycles. The third kappa shape index (κ3) is 8.49. The van der Waals surface area contributed by atoms with Crippen LogP contribution in [0.3, 0.4) is 0 Å². The van der Waals surface area contributed by atoms with E-state index in [0.29, 0.717) is 6.54 Å². The predicted molar refractivity (Wildman–Crippen MR) is 65.4 cm³/mol. The monoisotopic (exact) mass is 231 g/mol. The average Bonchev–Trinajstić information content (AvgIpc) is 2.08. The maximum atomic E-state index is 11.5. The SMILES string of the molecule is CN(C)CCC(CN)NC(=O)OC(C)(C)C. The van der Waals surface area contributed by atoms with Gasteiger partial charge in [0, 0.05) is 12.6 Å². The zero-order valence-electron chi connectivity index (χ0n) is 11.0. The molecular weight excluding hydrogens is 206 g/mol. The van der Waals surface area contributed by atoms with Gasteiger partial charge in [-0.25, -0.2) is 4.79 Å². The Balaban J connectivity index is 3.97. The smallest absolute Gasteiger partial charge is 0.407 e. The van der Waals surface area contributed by atoms with Crippen LogP contribution in [0.5, 0.6) is 0 Å². The topological polar surface area (TPSA) is 67.6 Å². The van der Waals surface area contributed by atoms with Crippen molar-refractivity contribution in [2.75, 3.05) is 27.2 Å². The van der Waals surface area contributed by atoms with Gasteiger partial charge in [0.25, 0.3) is 0 Å². The zero-order chi connectivity index (χ0) is 12.8. The molecule has 0 rings (SSSR count). The summed E-state index contributed by atoms with van der Waals surface area (Å²) in [4.78, 5) is 13.5. The molecule has 3 N–H and O–H groups in total. The normalized spacial score (nSPS) is 13.7. The largest absolute Gasteiger partial charge is 0.444 e. The first-order valence-electron chi connectivity index (χ1n) is 5.59. The molecule has 5 nitrogen and oxygen atoms in total. The second-order valence-corrected chi connectivity index (χ2v) is 5.17. The maximum absolute atomic E-state index is 11.5. The molecule has 0 fully saturated rings. The summed E-state index contributed by atoms with van der Waals surface area (Å²) in [6.45, 7) is 6.82. The highest BCUT2D eigenvalue weighted by Crippen LogP contribution is 2.07. The zero-order valence-corrected chi connectivity index (χ0v) is 11.0. The Morgan fingerprint density at radius 2 is 2.00 bits per heavy atom. The fraction of sp³-hybridized carbons (Fsp3) is 0.909. The van der Waals surface area contributed by atoms with Crippen LogP contribution in [0, 0.1) is 0 Å². The number of nitrogens with zero attached hydrogens (tertiary/aromatic N) is 1. The van der Waals surface area contributed by atoms with E-state index in [-0.39, 0.29) is 6.04 Å². The van der Waals surface area contributed by atoms with Crippen molar-refractivity contribution in [2.45, 2.75) is 38.8 Å². The van der Waals surface area contributed by atoms with Crippen LogP contribution >= 0.6 is 0 Å². The summed E-state index contributed by atoms with van der Waals surface area (Å²) in [6, 6.07) is -0.0303. The van der Waals surface area contributed by atoms with E-state index in [1.165, 1.54) is 0 Å². The molecular formula is C11H25N3O2. The van der Waals surface area contributed by atoms with E-state index >= 15 is 0 Å². The number of rotatable bonds is 5. The van der Waals surface area contributed by atoms with E-state index in [2.05, 4.69) is 10.2 Å². The predicted octanol–water partition coefficient (Wildman–Crippen LogP) is 0.790. The van der Waals surface area contributed by atoms with Crippen molar-refractivity contribution in [2.24, 2.45) is 5.73 Å². The molecule has 1 amide bonds. The van der Waals surface area contributed by atoms with Crippen molar-refractivity contribution in [1.82, 2.24) is 10.2 Å². The summed E-state index contributed by atoms with van der Waals surface area (Å²) in [7, 11) is 3.97. The van der Waals surface area contributed by atoms with Gasteiger partial charge in [-0.3, -0.25) is 0 Å². The molecule has 0 spiro atoms. The van der Waals surface area contributed by atoms with E-state index in [4.69, 9.17) is 10.5 Å². The lowest BCUT2D eigenvalue weighted by Crippen LogP contribution is -2.44. The van der Waals surface area contributed by atoms with Gasteiger partial charge >= 0.3 is 6.09 Å². The molecule has 0 saturated carbocycles. The van der Waals surface area contributed by atoms with Crippen LogP contribution in [0.25, 0.3) is 0 Å². The van der Waals surface area contributed by atoms with Gasteiger partial charge < -0.3 is 20.7 Å². The summed E-state index contributed by atoms with van der Waals surface area (Å²) in [5, 5.41) is 2.77. The lowest BCUT2D eigenvalue weighted by atomic mass is 10.2. The van der Waals surface area contributed by atoms with Crippen LogP contribution in [-0.4, -0.2) is 49.8 Å². The van der Waals surface area contributed by atoms with E-state index in [9.17, 15) is 4.79 Å². The Labute approximate surface area is 98.3 Å². The van der Waals surface area contributed by atoms with Crippen LogP contribution in [0.1, 0.15) is 27.2 Å². The molecule has 5 heteroatoms. The molecule has 0 aromatic heterocycles. The van der Waals surface area contributed by atoms with Crippen LogP contribution < -0.4 is 11.1 Å². The van der Waals surface area contributed by atoms with E-state index in [0.717, 1.165) is 13.0 Å². The molecule has 96 valence electrons. The van der Waals surface area contributed by atoms with Gasteiger partial charge in [0.15, 0.2) is 0 Å². The minimum atomic E-state index is -0.467. The molecule has 0 aliphatic heterocycles. The number of carbonyl (C=O) groups excluding carboxylic acids is 1. The summed E-state index contributed by atoms with van der Waals surface area (Å²) >= 11 is 0. The molecule has 0 bridgehead atoms. The van der Waals surface area contributed by atoms with Gasteiger partial charge in [0.05, 0.1) is 0 Å². The maximum Gasteiger partial charge on any atom is 0.407 e. The van der Waals surface area contributed by atoms with Crippen LogP contribution in [0.15, 0.2) is 0 Å². The highest BCUT2D eigenvalue weighted by atomic mass is 16.6. The summed E-state index contributed by atoms with van der Waals surface area (Å²) < 4.78 is 5.16. The highest BCUT2D eigenvalue weighted by Gasteiger charge is 2.18. The van der Waals surface area contributed by atoms with Gasteiger partial charge in [-0.05, 0) is 47.8 Å². The van der Waals surface area contributed by atoms with Gasteiger partial charge in [-0.1, -0.05) is 0 Å². The molecule has 0 heterocycles. The van der Waals surface area contributed by atoms with Gasteiger partial charge in [0.1, 0.15) is 5.60 Å². The summed E-state index contributed by atoms with van der Waals surface area (Å²) in [5.74, 6) is 0. The number of hydrogen-bond acceptors (Lipinski definition) is 4. The number of ether oxygens (including phenoxy) is 1. The third-order valence-corrected chi connectivity index (χ3v) is 1.93. The Morgan fingerprint density at radius 1 is 1.44 bits per heavy atom. The first kappa shape index (κ1) is 15.2. The number of alkyl carbamates (subject to hydrolysis) is 1. The van der Waals surface area contributed by atoms with Gasteiger partial charge in [0.2, 0.25) is 0 Å². The fourth-order valence-electron chi connectivity index (χ4n) is 1.14. The Morgan fingerprint density at radius 3 is 2.38 bits per heavy atom. The minimum Gasteiger partial charge on any atom is -0.444 e. The van der Waals surface area contributed by atoms with E-state index in [1.54, 1.807) is 0 Å². The molecule has 1 atom stereocenters. The number of hydrogen-bond donors (Lipinski definition) is 2. The van der Waals surface area contributed by atoms with Crippen molar-refractivity contribution >= 4 is 6.09 Å². The van der Waals surface area contributed by atoms with Crippen molar-refractivity contribution < 1.29 is 9.53 Å². The second-order valence-electron chi connectivity index (χ2n) is 5.17. The van der Waals surface area contributed by atoms with Crippen molar-refractivity contribution in [3.05, 3.63) is 0 Å². The first-order chi connectivity index (χ1) is 7.24. The fourth-order valence-corrected chi connectivity index (χ4v) is 1.14. The van der Waals surface area contributed by atoms with E-state index in [1.807, 2.05) is 34.9 Å². The molecule has 1 unspecified atom stereocenters. The van der Waals surface area contributed by atoms with Gasteiger partial charge in [-0.15, -0.1) is 0 Å². The lowest BCUT2D eigenvalue weighted by molar-refractivity contribution is 0.0502. The van der Waals surface area contributed by atoms with Crippen LogP contribution in [-0.2, 0) is 4.74 Å². The molecule has 0 aliphatic rings. The number of amides is 1. The van der Waals surface area contributed by atoms with Gasteiger partial charge in [-0.2, -0.15) is 0 Å². The Hall–Kier alpha value is -0.810. The molecule has 0 saturated heterocycles. The molecule has 0 aromatic rings. The standard InChI is InChI=1S/C11H25N3O2/c1-11(2,3)16-10(15)13-9(8-12)6-7-14(4)5/h9H,6-8,12H2,1-5H3,(H,13,15). The number of carbonyl (C=O) groups is 1. The Bertz CT molecular complexity index is 212.